The molecular weight excluding hydrogens is 967 g/mol. The number of esters is 1. The van der Waals surface area contributed by atoms with Crippen molar-refractivity contribution >= 4 is 11.9 Å². The molecule has 0 aromatic heterocycles. The molecule has 1 fully saturated rings. The van der Waals surface area contributed by atoms with Gasteiger partial charge in [-0.2, -0.15) is 0 Å². The molecule has 1 heterocycles. The lowest BCUT2D eigenvalue weighted by molar-refractivity contribution is -0.305. The van der Waals surface area contributed by atoms with Gasteiger partial charge in [0.15, 0.2) is 12.4 Å². The molecule has 8 unspecified atom stereocenters. The number of allylic oxidation sites excluding steroid dienone is 19. The second kappa shape index (κ2) is 52.7. The highest BCUT2D eigenvalue weighted by atomic mass is 16.7. The molecular formula is C66H109NO10. The number of amides is 1. The third-order valence-electron chi connectivity index (χ3n) is 13.4. The third kappa shape index (κ3) is 40.8. The Balaban J connectivity index is 2.67. The summed E-state index contributed by atoms with van der Waals surface area (Å²) < 4.78 is 17.5. The zero-order valence-electron chi connectivity index (χ0n) is 48.3. The maximum absolute atomic E-state index is 13.4. The van der Waals surface area contributed by atoms with E-state index >= 15 is 0 Å². The molecule has 0 aliphatic carbocycles. The van der Waals surface area contributed by atoms with Gasteiger partial charge < -0.3 is 45.1 Å². The number of ether oxygens (including phenoxy) is 3. The van der Waals surface area contributed by atoms with Crippen molar-refractivity contribution < 1.29 is 49.3 Å². The first-order valence-corrected chi connectivity index (χ1v) is 30.3. The zero-order chi connectivity index (χ0) is 56.1. The fourth-order valence-corrected chi connectivity index (χ4v) is 8.65. The van der Waals surface area contributed by atoms with Crippen LogP contribution in [0.3, 0.4) is 0 Å². The van der Waals surface area contributed by atoms with Crippen molar-refractivity contribution in [2.75, 3.05) is 13.2 Å². The summed E-state index contributed by atoms with van der Waals surface area (Å²) in [5.41, 5.74) is 0. The summed E-state index contributed by atoms with van der Waals surface area (Å²) in [5, 5.41) is 56.9. The Morgan fingerprint density at radius 1 is 0.532 bits per heavy atom. The molecule has 77 heavy (non-hydrogen) atoms. The van der Waals surface area contributed by atoms with Gasteiger partial charge in [0.2, 0.25) is 5.91 Å². The molecule has 0 spiro atoms. The minimum atomic E-state index is -1.63. The highest BCUT2D eigenvalue weighted by Crippen LogP contribution is 2.26. The highest BCUT2D eigenvalue weighted by Gasteiger charge is 2.47. The van der Waals surface area contributed by atoms with Gasteiger partial charge in [0.05, 0.1) is 25.4 Å². The predicted molar refractivity (Wildman–Crippen MR) is 319 cm³/mol. The van der Waals surface area contributed by atoms with Crippen LogP contribution in [0, 0.1) is 0 Å². The molecule has 11 nitrogen and oxygen atoms in total. The van der Waals surface area contributed by atoms with Crippen LogP contribution in [0.1, 0.15) is 220 Å². The van der Waals surface area contributed by atoms with Gasteiger partial charge in [-0.05, 0) is 96.3 Å². The predicted octanol–water partition coefficient (Wildman–Crippen LogP) is 14.3. The lowest BCUT2D eigenvalue weighted by Gasteiger charge is -2.41. The minimum absolute atomic E-state index is 0.0921. The van der Waals surface area contributed by atoms with Crippen molar-refractivity contribution in [3.05, 3.63) is 122 Å². The quantitative estimate of drug-likeness (QED) is 0.0149. The van der Waals surface area contributed by atoms with Crippen LogP contribution in [0.4, 0.5) is 0 Å². The molecule has 0 saturated carbocycles. The van der Waals surface area contributed by atoms with Gasteiger partial charge in [0.1, 0.15) is 24.4 Å². The van der Waals surface area contributed by atoms with Gasteiger partial charge >= 0.3 is 5.97 Å². The first-order chi connectivity index (χ1) is 37.7. The Bertz CT molecular complexity index is 1710. The standard InChI is InChI=1S/C66H109NO10/c1-4-7-10-13-16-19-22-24-25-26-27-28-29-30-31-32-33-34-36-38-41-44-47-50-53-59(70)65(74)67-57(58(69)52-49-46-43-40-37-21-18-15-12-9-6-3)56-75-66-64(63(73)62(72)60(55-68)76-66)77-61(71)54-51-48-45-42-39-35-23-20-17-14-11-8-5-2/h7-8,10-11,14,16-17,19-20,23-25,27-28,30-31,33-34,49,52,57-60,62-64,66,68-70,72-73H,4-6,9,12-13,15,18,21-22,26,29,32,35-48,50-51,53-56H2,1-3H3,(H,67,74)/b10-7-,11-8+,17-14+,19-16-,23-20-,25-24-,28-27-,31-30-,34-33-,52-49+. The van der Waals surface area contributed by atoms with E-state index in [2.05, 4.69) is 117 Å². The van der Waals surface area contributed by atoms with Gasteiger partial charge in [-0.25, -0.2) is 0 Å². The zero-order valence-corrected chi connectivity index (χ0v) is 48.3. The molecule has 6 N–H and O–H groups in total. The molecule has 1 aliphatic heterocycles. The second-order valence-corrected chi connectivity index (χ2v) is 20.4. The van der Waals surface area contributed by atoms with Crippen molar-refractivity contribution in [3.63, 3.8) is 0 Å². The van der Waals surface area contributed by atoms with E-state index in [-0.39, 0.29) is 19.4 Å². The van der Waals surface area contributed by atoms with Gasteiger partial charge in [0, 0.05) is 6.42 Å². The van der Waals surface area contributed by atoms with Crippen LogP contribution >= 0.6 is 0 Å². The number of rotatable bonds is 49. The molecule has 0 radical (unpaired) electrons. The first-order valence-electron chi connectivity index (χ1n) is 30.3. The van der Waals surface area contributed by atoms with Crippen molar-refractivity contribution in [2.45, 2.75) is 269 Å². The lowest BCUT2D eigenvalue weighted by Crippen LogP contribution is -2.61. The SMILES string of the molecule is CC/C=C\C/C=C\C/C=C\C/C=C\C/C=C\C/C=C\CCCCCCCC(O)C(=O)NC(COC1OC(CO)C(O)C(O)C1OC(=O)CCCCCCC\C=C/C=C/C=C/CC)C(O)/C=C/CCCCCCCCCCC. The number of aliphatic hydroxyl groups excluding tert-OH is 5. The van der Waals surface area contributed by atoms with Crippen LogP contribution in [0.5, 0.6) is 0 Å². The molecule has 1 saturated heterocycles. The Morgan fingerprint density at radius 2 is 1.00 bits per heavy atom. The van der Waals surface area contributed by atoms with Gasteiger partial charge in [-0.1, -0.05) is 239 Å². The van der Waals surface area contributed by atoms with E-state index in [4.69, 9.17) is 14.2 Å². The fourth-order valence-electron chi connectivity index (χ4n) is 8.65. The molecule has 0 bridgehead atoms. The number of carbonyl (C=O) groups excluding carboxylic acids is 2. The largest absolute Gasteiger partial charge is 0.454 e. The monoisotopic (exact) mass is 1080 g/mol. The highest BCUT2D eigenvalue weighted by molar-refractivity contribution is 5.80. The Morgan fingerprint density at radius 3 is 1.55 bits per heavy atom. The average molecular weight is 1080 g/mol. The van der Waals surface area contributed by atoms with Crippen molar-refractivity contribution in [3.8, 4) is 0 Å². The van der Waals surface area contributed by atoms with Crippen LogP contribution in [-0.4, -0.2) is 99.6 Å². The van der Waals surface area contributed by atoms with E-state index in [9.17, 15) is 35.1 Å². The van der Waals surface area contributed by atoms with Gasteiger partial charge in [-0.15, -0.1) is 0 Å². The van der Waals surface area contributed by atoms with Crippen LogP contribution in [0.25, 0.3) is 0 Å². The third-order valence-corrected chi connectivity index (χ3v) is 13.4. The van der Waals surface area contributed by atoms with Gasteiger partial charge in [-0.3, -0.25) is 9.59 Å². The summed E-state index contributed by atoms with van der Waals surface area (Å²) in [4.78, 5) is 26.5. The normalized spacial score (nSPS) is 19.9. The fraction of sp³-hybridized carbons (Fsp3) is 0.667. The van der Waals surface area contributed by atoms with Crippen molar-refractivity contribution in [1.29, 1.82) is 0 Å². The number of hydrogen-bond donors (Lipinski definition) is 6. The van der Waals surface area contributed by atoms with Crippen molar-refractivity contribution in [1.82, 2.24) is 5.32 Å². The molecule has 0 aromatic carbocycles. The molecule has 8 atom stereocenters. The number of hydrogen-bond acceptors (Lipinski definition) is 10. The van der Waals surface area contributed by atoms with Crippen LogP contribution < -0.4 is 5.32 Å². The maximum Gasteiger partial charge on any atom is 0.306 e. The van der Waals surface area contributed by atoms with E-state index in [0.717, 1.165) is 135 Å². The van der Waals surface area contributed by atoms with Crippen LogP contribution in [-0.2, 0) is 23.8 Å². The Labute approximate surface area is 468 Å². The van der Waals surface area contributed by atoms with E-state index in [0.29, 0.717) is 12.8 Å². The minimum Gasteiger partial charge on any atom is -0.454 e. The molecule has 1 amide bonds. The Kier molecular flexibility index (Phi) is 48.7. The number of nitrogens with one attached hydrogen (secondary N) is 1. The summed E-state index contributed by atoms with van der Waals surface area (Å²) >= 11 is 0. The molecule has 1 rings (SSSR count). The lowest BCUT2D eigenvalue weighted by atomic mass is 9.99. The summed E-state index contributed by atoms with van der Waals surface area (Å²) in [6.07, 6.45) is 62.4. The number of carbonyl (C=O) groups is 2. The molecule has 0 aromatic rings. The number of unbranched alkanes of at least 4 members (excludes halogenated alkanes) is 19. The van der Waals surface area contributed by atoms with E-state index in [1.807, 2.05) is 24.3 Å². The first kappa shape index (κ1) is 71.1. The maximum atomic E-state index is 13.4. The van der Waals surface area contributed by atoms with Crippen LogP contribution in [0.2, 0.25) is 0 Å². The summed E-state index contributed by atoms with van der Waals surface area (Å²) in [6.45, 7) is 5.49. The van der Waals surface area contributed by atoms with Crippen LogP contribution in [0.15, 0.2) is 122 Å². The topological polar surface area (TPSA) is 175 Å². The average Bonchev–Trinajstić information content (AvgIpc) is 3.44. The summed E-state index contributed by atoms with van der Waals surface area (Å²) in [6, 6.07) is -1.04. The molecule has 438 valence electrons. The Hall–Kier alpha value is -3.94. The van der Waals surface area contributed by atoms with E-state index in [1.54, 1.807) is 6.08 Å². The summed E-state index contributed by atoms with van der Waals surface area (Å²) in [5.74, 6) is -1.24. The van der Waals surface area contributed by atoms with E-state index < -0.39 is 67.4 Å². The molecule has 11 heteroatoms. The molecule has 1 aliphatic rings. The van der Waals surface area contributed by atoms with Gasteiger partial charge in [0.25, 0.3) is 0 Å². The van der Waals surface area contributed by atoms with E-state index in [1.165, 1.54) is 38.5 Å². The smallest absolute Gasteiger partial charge is 0.306 e. The van der Waals surface area contributed by atoms with Crippen molar-refractivity contribution in [2.24, 2.45) is 0 Å². The number of aliphatic hydroxyl groups is 5. The summed E-state index contributed by atoms with van der Waals surface area (Å²) in [7, 11) is 0. The second-order valence-electron chi connectivity index (χ2n) is 20.4.